The summed E-state index contributed by atoms with van der Waals surface area (Å²) in [6.45, 7) is 0.631. The number of halogens is 1. The molecular weight excluding hydrogens is 243 g/mol. The van der Waals surface area contributed by atoms with Gasteiger partial charge in [0, 0.05) is 30.2 Å². The second-order valence-electron chi connectivity index (χ2n) is 4.36. The first-order valence-corrected chi connectivity index (χ1v) is 5.79. The van der Waals surface area contributed by atoms with Crippen molar-refractivity contribution < 1.29 is 4.39 Å². The summed E-state index contributed by atoms with van der Waals surface area (Å²) >= 11 is 0. The fraction of sp³-hybridized carbons (Fsp3) is 0.0714. The minimum atomic E-state index is -0.268. The maximum Gasteiger partial charge on any atom is 0.123 e. The first-order valence-electron chi connectivity index (χ1n) is 5.79. The zero-order chi connectivity index (χ0) is 13.4. The van der Waals surface area contributed by atoms with Gasteiger partial charge in [0.15, 0.2) is 0 Å². The molecule has 0 fully saturated rings. The van der Waals surface area contributed by atoms with E-state index in [-0.39, 0.29) is 5.82 Å². The van der Waals surface area contributed by atoms with E-state index in [4.69, 9.17) is 11.0 Å². The van der Waals surface area contributed by atoms with Crippen molar-refractivity contribution in [1.29, 1.82) is 5.26 Å². The topological polar surface area (TPSA) is 65.1 Å². The minimum Gasteiger partial charge on any atom is -0.384 e. The highest BCUT2D eigenvalue weighted by atomic mass is 19.1. The van der Waals surface area contributed by atoms with E-state index in [1.165, 1.54) is 12.1 Å². The molecule has 5 heteroatoms. The van der Waals surface area contributed by atoms with Gasteiger partial charge in [0.25, 0.3) is 0 Å². The average Bonchev–Trinajstić information content (AvgIpc) is 2.83. The molecule has 0 bridgehead atoms. The summed E-state index contributed by atoms with van der Waals surface area (Å²) in [5.74, 6) is 0.0919. The van der Waals surface area contributed by atoms with Crippen LogP contribution >= 0.6 is 0 Å². The lowest BCUT2D eigenvalue weighted by atomic mass is 10.0. The molecule has 0 aliphatic carbocycles. The Morgan fingerprint density at radius 3 is 2.74 bits per heavy atom. The number of nitriles is 1. The molecule has 4 nitrogen and oxygen atoms in total. The summed E-state index contributed by atoms with van der Waals surface area (Å²) in [5.41, 5.74) is 8.88. The number of rotatable bonds is 1. The summed E-state index contributed by atoms with van der Waals surface area (Å²) in [6, 6.07) is 8.34. The molecule has 94 valence electrons. The number of hydrogen-bond acceptors (Lipinski definition) is 4. The van der Waals surface area contributed by atoms with Crippen LogP contribution < -0.4 is 16.0 Å². The van der Waals surface area contributed by atoms with Crippen LogP contribution in [0.2, 0.25) is 0 Å². The molecule has 3 N–H and O–H groups in total. The van der Waals surface area contributed by atoms with Crippen LogP contribution in [-0.4, -0.2) is 6.54 Å². The van der Waals surface area contributed by atoms with E-state index in [1.807, 2.05) is 11.1 Å². The predicted molar refractivity (Wildman–Crippen MR) is 69.9 cm³/mol. The van der Waals surface area contributed by atoms with Gasteiger partial charge in [-0.1, -0.05) is 0 Å². The lowest BCUT2D eigenvalue weighted by Crippen LogP contribution is -2.22. The van der Waals surface area contributed by atoms with Gasteiger partial charge in [0.05, 0.1) is 0 Å². The van der Waals surface area contributed by atoms with Gasteiger partial charge < -0.3 is 16.0 Å². The number of fused-ring (bicyclic) bond motifs is 1. The Bertz CT molecular complexity index is 662. The highest BCUT2D eigenvalue weighted by Gasteiger charge is 2.26. The van der Waals surface area contributed by atoms with Crippen LogP contribution in [0.4, 0.5) is 10.1 Å². The molecule has 0 aromatic heterocycles. The summed E-state index contributed by atoms with van der Waals surface area (Å²) in [4.78, 5) is 1.96. The number of nitrogens with zero attached hydrogens (tertiary/aromatic N) is 2. The molecule has 0 amide bonds. The monoisotopic (exact) mass is 254 g/mol. The fourth-order valence-electron chi connectivity index (χ4n) is 2.20. The van der Waals surface area contributed by atoms with Crippen LogP contribution in [0.15, 0.2) is 59.2 Å². The van der Waals surface area contributed by atoms with Crippen molar-refractivity contribution in [1.82, 2.24) is 5.32 Å². The molecule has 1 aromatic carbocycles. The lowest BCUT2D eigenvalue weighted by molar-refractivity contribution is 0.628. The van der Waals surface area contributed by atoms with Gasteiger partial charge in [0.1, 0.15) is 23.3 Å². The van der Waals surface area contributed by atoms with E-state index in [1.54, 1.807) is 18.3 Å². The third-order valence-electron chi connectivity index (χ3n) is 3.18. The normalized spacial score (nSPS) is 17.4. The fourth-order valence-corrected chi connectivity index (χ4v) is 2.20. The van der Waals surface area contributed by atoms with E-state index >= 15 is 0 Å². The molecule has 3 rings (SSSR count). The minimum absolute atomic E-state index is 0.268. The SMILES string of the molecule is N#CC1=C(N)NC=C2CN(c3ccc(F)cc3)C=C21. The van der Waals surface area contributed by atoms with E-state index in [9.17, 15) is 4.39 Å². The van der Waals surface area contributed by atoms with Crippen molar-refractivity contribution in [3.63, 3.8) is 0 Å². The third kappa shape index (κ3) is 1.83. The number of hydrogen-bond donors (Lipinski definition) is 2. The molecule has 2 aliphatic heterocycles. The lowest BCUT2D eigenvalue weighted by Gasteiger charge is -2.16. The van der Waals surface area contributed by atoms with Crippen molar-refractivity contribution >= 4 is 5.69 Å². The predicted octanol–water partition coefficient (Wildman–Crippen LogP) is 1.71. The molecule has 2 heterocycles. The Morgan fingerprint density at radius 2 is 2.05 bits per heavy atom. The molecule has 0 radical (unpaired) electrons. The van der Waals surface area contributed by atoms with Gasteiger partial charge in [-0.05, 0) is 29.8 Å². The van der Waals surface area contributed by atoms with Crippen LogP contribution in [-0.2, 0) is 0 Å². The number of benzene rings is 1. The summed E-state index contributed by atoms with van der Waals surface area (Å²) in [5, 5.41) is 12.0. The first-order chi connectivity index (χ1) is 9.19. The Hall–Kier alpha value is -2.74. The Kier molecular flexibility index (Phi) is 2.50. The Balaban J connectivity index is 1.98. The summed E-state index contributed by atoms with van der Waals surface area (Å²) in [7, 11) is 0. The van der Waals surface area contributed by atoms with Crippen molar-refractivity contribution in [3.8, 4) is 6.07 Å². The molecule has 19 heavy (non-hydrogen) atoms. The third-order valence-corrected chi connectivity index (χ3v) is 3.18. The number of anilines is 1. The van der Waals surface area contributed by atoms with Crippen LogP contribution in [0.5, 0.6) is 0 Å². The standard InChI is InChI=1S/C14H11FN4/c15-10-1-3-11(4-2-10)19-7-9-6-18-14(17)12(5-16)13(9)8-19/h1-4,6,8,18H,7,17H2. The first kappa shape index (κ1) is 11.4. The molecule has 1 aromatic rings. The molecule has 0 atom stereocenters. The average molecular weight is 254 g/mol. The number of allylic oxidation sites excluding steroid dienone is 1. The van der Waals surface area contributed by atoms with Crippen molar-refractivity contribution in [2.75, 3.05) is 11.4 Å². The molecule has 2 aliphatic rings. The maximum atomic E-state index is 12.9. The number of dihydropyridines is 1. The van der Waals surface area contributed by atoms with Crippen LogP contribution in [0.3, 0.4) is 0 Å². The summed E-state index contributed by atoms with van der Waals surface area (Å²) in [6.07, 6.45) is 3.66. The Labute approximate surface area is 109 Å². The van der Waals surface area contributed by atoms with Crippen LogP contribution in [0, 0.1) is 17.1 Å². The van der Waals surface area contributed by atoms with Gasteiger partial charge in [-0.2, -0.15) is 5.26 Å². The van der Waals surface area contributed by atoms with E-state index in [0.29, 0.717) is 17.9 Å². The summed E-state index contributed by atoms with van der Waals surface area (Å²) < 4.78 is 12.9. The number of nitrogens with two attached hydrogens (primary N) is 1. The second kappa shape index (κ2) is 4.18. The van der Waals surface area contributed by atoms with Crippen molar-refractivity contribution in [2.45, 2.75) is 0 Å². The van der Waals surface area contributed by atoms with E-state index in [2.05, 4.69) is 11.4 Å². The zero-order valence-electron chi connectivity index (χ0n) is 10.0. The van der Waals surface area contributed by atoms with E-state index in [0.717, 1.165) is 16.8 Å². The molecule has 0 saturated heterocycles. The zero-order valence-corrected chi connectivity index (χ0v) is 10.0. The largest absolute Gasteiger partial charge is 0.384 e. The van der Waals surface area contributed by atoms with Gasteiger partial charge >= 0.3 is 0 Å². The quantitative estimate of drug-likeness (QED) is 0.800. The van der Waals surface area contributed by atoms with Gasteiger partial charge in [-0.15, -0.1) is 0 Å². The van der Waals surface area contributed by atoms with Gasteiger partial charge in [0.2, 0.25) is 0 Å². The highest BCUT2D eigenvalue weighted by molar-refractivity contribution is 5.67. The highest BCUT2D eigenvalue weighted by Crippen LogP contribution is 2.32. The smallest absolute Gasteiger partial charge is 0.123 e. The molecular formula is C14H11FN4. The van der Waals surface area contributed by atoms with Crippen molar-refractivity contribution in [2.24, 2.45) is 5.73 Å². The van der Waals surface area contributed by atoms with Crippen LogP contribution in [0.25, 0.3) is 0 Å². The van der Waals surface area contributed by atoms with Crippen molar-refractivity contribution in [3.05, 3.63) is 65.0 Å². The second-order valence-corrected chi connectivity index (χ2v) is 4.36. The number of nitrogens with one attached hydrogen (secondary N) is 1. The van der Waals surface area contributed by atoms with Gasteiger partial charge in [-0.3, -0.25) is 0 Å². The van der Waals surface area contributed by atoms with E-state index < -0.39 is 0 Å². The Morgan fingerprint density at radius 1 is 1.32 bits per heavy atom. The molecule has 0 spiro atoms. The van der Waals surface area contributed by atoms with Crippen LogP contribution in [0.1, 0.15) is 0 Å². The molecule has 0 unspecified atom stereocenters. The van der Waals surface area contributed by atoms with Gasteiger partial charge in [-0.25, -0.2) is 4.39 Å². The maximum absolute atomic E-state index is 12.9. The molecule has 0 saturated carbocycles.